The second-order valence-electron chi connectivity index (χ2n) is 6.50. The van der Waals surface area contributed by atoms with Crippen LogP contribution in [0.5, 0.6) is 0 Å². The lowest BCUT2D eigenvalue weighted by Gasteiger charge is -2.33. The Hall–Kier alpha value is -2.42. The molecule has 23 heavy (non-hydrogen) atoms. The van der Waals surface area contributed by atoms with E-state index in [2.05, 4.69) is 6.58 Å². The number of benzene rings is 2. The fraction of sp³-hybridized carbons (Fsp3) is 0.250. The minimum absolute atomic E-state index is 0.215. The maximum absolute atomic E-state index is 14.4. The number of halogens is 1. The van der Waals surface area contributed by atoms with Gasteiger partial charge in [-0.15, -0.1) is 0 Å². The zero-order chi connectivity index (χ0) is 16.8. The number of fused-ring (bicyclic) bond motifs is 3. The van der Waals surface area contributed by atoms with Crippen LogP contribution in [0.25, 0.3) is 11.1 Å². The summed E-state index contributed by atoms with van der Waals surface area (Å²) in [6.07, 6.45) is 0. The predicted octanol–water partition coefficient (Wildman–Crippen LogP) is 4.84. The SMILES string of the molecule is C=C(C)C(=O)OC(C)(C)C1c2ccccc2-c2c(F)cccc21. The van der Waals surface area contributed by atoms with E-state index in [1.807, 2.05) is 44.2 Å². The monoisotopic (exact) mass is 310 g/mol. The Morgan fingerprint density at radius 3 is 2.48 bits per heavy atom. The quantitative estimate of drug-likeness (QED) is 0.599. The molecule has 3 rings (SSSR count). The van der Waals surface area contributed by atoms with Crippen molar-refractivity contribution in [2.45, 2.75) is 32.3 Å². The lowest BCUT2D eigenvalue weighted by molar-refractivity contribution is -0.152. The van der Waals surface area contributed by atoms with Crippen LogP contribution in [-0.4, -0.2) is 11.6 Å². The number of carbonyl (C=O) groups is 1. The highest BCUT2D eigenvalue weighted by Gasteiger charge is 2.42. The molecule has 0 saturated heterocycles. The Labute approximate surface area is 135 Å². The van der Waals surface area contributed by atoms with Crippen LogP contribution in [0, 0.1) is 5.82 Å². The fourth-order valence-corrected chi connectivity index (χ4v) is 3.34. The maximum Gasteiger partial charge on any atom is 0.333 e. The van der Waals surface area contributed by atoms with E-state index in [1.54, 1.807) is 13.0 Å². The van der Waals surface area contributed by atoms with Crippen LogP contribution in [0.1, 0.15) is 37.8 Å². The molecule has 0 bridgehead atoms. The molecule has 118 valence electrons. The van der Waals surface area contributed by atoms with Gasteiger partial charge in [-0.05, 0) is 43.5 Å². The van der Waals surface area contributed by atoms with Gasteiger partial charge in [0.2, 0.25) is 0 Å². The Bertz CT molecular complexity index is 805. The molecule has 0 aliphatic heterocycles. The second-order valence-corrected chi connectivity index (χ2v) is 6.50. The van der Waals surface area contributed by atoms with E-state index in [0.29, 0.717) is 11.1 Å². The normalized spacial score (nSPS) is 15.7. The molecule has 3 heteroatoms. The minimum atomic E-state index is -0.814. The second kappa shape index (κ2) is 5.34. The first-order chi connectivity index (χ1) is 10.8. The first-order valence-corrected chi connectivity index (χ1v) is 7.59. The van der Waals surface area contributed by atoms with Crippen LogP contribution in [0.15, 0.2) is 54.6 Å². The summed E-state index contributed by atoms with van der Waals surface area (Å²) in [7, 11) is 0. The van der Waals surface area contributed by atoms with E-state index in [4.69, 9.17) is 4.74 Å². The molecule has 1 atom stereocenters. The molecule has 0 N–H and O–H groups in total. The van der Waals surface area contributed by atoms with E-state index in [-0.39, 0.29) is 11.7 Å². The molecule has 0 spiro atoms. The van der Waals surface area contributed by atoms with Crippen LogP contribution in [0.4, 0.5) is 4.39 Å². The molecule has 1 unspecified atom stereocenters. The van der Waals surface area contributed by atoms with Gasteiger partial charge in [-0.3, -0.25) is 0 Å². The zero-order valence-corrected chi connectivity index (χ0v) is 13.5. The number of rotatable bonds is 3. The average molecular weight is 310 g/mol. The third kappa shape index (κ3) is 2.46. The summed E-state index contributed by atoms with van der Waals surface area (Å²) in [5, 5.41) is 0. The number of hydrogen-bond donors (Lipinski definition) is 0. The topological polar surface area (TPSA) is 26.3 Å². The van der Waals surface area contributed by atoms with Crippen LogP contribution in [-0.2, 0) is 9.53 Å². The van der Waals surface area contributed by atoms with Crippen molar-refractivity contribution in [3.8, 4) is 11.1 Å². The van der Waals surface area contributed by atoms with Crippen molar-refractivity contribution in [2.75, 3.05) is 0 Å². The van der Waals surface area contributed by atoms with Gasteiger partial charge in [-0.2, -0.15) is 0 Å². The van der Waals surface area contributed by atoms with Crippen molar-refractivity contribution >= 4 is 5.97 Å². The number of hydrogen-bond acceptors (Lipinski definition) is 2. The summed E-state index contributed by atoms with van der Waals surface area (Å²) in [5.41, 5.74) is 2.84. The van der Waals surface area contributed by atoms with Crippen LogP contribution < -0.4 is 0 Å². The molecule has 0 saturated carbocycles. The summed E-state index contributed by atoms with van der Waals surface area (Å²) >= 11 is 0. The third-order valence-electron chi connectivity index (χ3n) is 4.30. The summed E-state index contributed by atoms with van der Waals surface area (Å²) in [4.78, 5) is 12.0. The van der Waals surface area contributed by atoms with Gasteiger partial charge in [0.05, 0.1) is 0 Å². The largest absolute Gasteiger partial charge is 0.455 e. The first kappa shape index (κ1) is 15.5. The molecule has 0 aromatic heterocycles. The van der Waals surface area contributed by atoms with E-state index >= 15 is 0 Å². The van der Waals surface area contributed by atoms with Gasteiger partial charge in [0.1, 0.15) is 11.4 Å². The highest BCUT2D eigenvalue weighted by atomic mass is 19.1. The molecule has 2 aromatic carbocycles. The Morgan fingerprint density at radius 2 is 1.78 bits per heavy atom. The predicted molar refractivity (Wildman–Crippen MR) is 88.7 cm³/mol. The molecule has 0 radical (unpaired) electrons. The third-order valence-corrected chi connectivity index (χ3v) is 4.30. The molecular weight excluding hydrogens is 291 g/mol. The van der Waals surface area contributed by atoms with Gasteiger partial charge in [0, 0.05) is 17.1 Å². The highest BCUT2D eigenvalue weighted by Crippen LogP contribution is 2.51. The van der Waals surface area contributed by atoms with Gasteiger partial charge in [-0.1, -0.05) is 43.0 Å². The lowest BCUT2D eigenvalue weighted by atomic mass is 9.82. The smallest absolute Gasteiger partial charge is 0.333 e. The van der Waals surface area contributed by atoms with Crippen molar-refractivity contribution in [3.63, 3.8) is 0 Å². The molecule has 1 aliphatic carbocycles. The summed E-state index contributed by atoms with van der Waals surface area (Å²) in [5.74, 6) is -0.899. The Balaban J connectivity index is 2.15. The standard InChI is InChI=1S/C20H19FO2/c1-12(2)19(22)23-20(3,4)18-14-9-6-5-8-13(14)17-15(18)10-7-11-16(17)21/h5-11,18H,1H2,2-4H3. The molecule has 1 aliphatic rings. The van der Waals surface area contributed by atoms with E-state index in [0.717, 1.165) is 16.7 Å². The average Bonchev–Trinajstić information content (AvgIpc) is 2.82. The maximum atomic E-state index is 14.4. The van der Waals surface area contributed by atoms with Crippen molar-refractivity contribution in [2.24, 2.45) is 0 Å². The number of esters is 1. The Kier molecular flexibility index (Phi) is 3.59. The molecule has 0 heterocycles. The number of ether oxygens (including phenoxy) is 1. The van der Waals surface area contributed by atoms with Gasteiger partial charge >= 0.3 is 5.97 Å². The van der Waals surface area contributed by atoms with Crippen molar-refractivity contribution in [1.29, 1.82) is 0 Å². The van der Waals surface area contributed by atoms with Gasteiger partial charge in [-0.25, -0.2) is 9.18 Å². The molecule has 0 fully saturated rings. The molecule has 2 aromatic rings. The summed E-state index contributed by atoms with van der Waals surface area (Å²) in [6, 6.07) is 12.8. The fourth-order valence-electron chi connectivity index (χ4n) is 3.34. The van der Waals surface area contributed by atoms with E-state index in [9.17, 15) is 9.18 Å². The van der Waals surface area contributed by atoms with Crippen molar-refractivity contribution < 1.29 is 13.9 Å². The highest BCUT2D eigenvalue weighted by molar-refractivity contribution is 5.88. The molecular formula is C20H19FO2. The van der Waals surface area contributed by atoms with Crippen molar-refractivity contribution in [1.82, 2.24) is 0 Å². The Morgan fingerprint density at radius 1 is 1.13 bits per heavy atom. The van der Waals surface area contributed by atoms with Crippen LogP contribution >= 0.6 is 0 Å². The van der Waals surface area contributed by atoms with Gasteiger partial charge < -0.3 is 4.74 Å². The zero-order valence-electron chi connectivity index (χ0n) is 13.5. The van der Waals surface area contributed by atoms with E-state index < -0.39 is 11.6 Å². The number of carbonyl (C=O) groups excluding carboxylic acids is 1. The first-order valence-electron chi connectivity index (χ1n) is 7.59. The van der Waals surface area contributed by atoms with Crippen LogP contribution in [0.3, 0.4) is 0 Å². The van der Waals surface area contributed by atoms with E-state index in [1.165, 1.54) is 6.07 Å². The van der Waals surface area contributed by atoms with Gasteiger partial charge in [0.15, 0.2) is 0 Å². The molecule has 0 amide bonds. The minimum Gasteiger partial charge on any atom is -0.455 e. The van der Waals surface area contributed by atoms with Crippen LogP contribution in [0.2, 0.25) is 0 Å². The summed E-state index contributed by atoms with van der Waals surface area (Å²) in [6.45, 7) is 8.97. The summed E-state index contributed by atoms with van der Waals surface area (Å²) < 4.78 is 20.1. The lowest BCUT2D eigenvalue weighted by Crippen LogP contribution is -2.35. The van der Waals surface area contributed by atoms with Crippen molar-refractivity contribution in [3.05, 3.63) is 71.6 Å². The van der Waals surface area contributed by atoms with Gasteiger partial charge in [0.25, 0.3) is 0 Å². The molecule has 2 nitrogen and oxygen atoms in total.